The van der Waals surface area contributed by atoms with Crippen LogP contribution in [0.3, 0.4) is 0 Å². The second-order valence-corrected chi connectivity index (χ2v) is 9.02. The minimum atomic E-state index is 0.386. The van der Waals surface area contributed by atoms with Crippen molar-refractivity contribution in [3.05, 3.63) is 47.8 Å². The summed E-state index contributed by atoms with van der Waals surface area (Å²) in [6.07, 6.45) is 15.2. The largest absolute Gasteiger partial charge is 0.330 e. The molecule has 3 fully saturated rings. The first-order valence-electron chi connectivity index (χ1n) is 11.1. The van der Waals surface area contributed by atoms with Crippen LogP contribution in [-0.4, -0.2) is 50.5 Å². The molecule has 2 saturated heterocycles. The number of imidazole rings is 1. The Morgan fingerprint density at radius 1 is 0.893 bits per heavy atom. The fourth-order valence-corrected chi connectivity index (χ4v) is 5.48. The van der Waals surface area contributed by atoms with Crippen LogP contribution >= 0.6 is 0 Å². The van der Waals surface area contributed by atoms with Crippen LogP contribution in [0.1, 0.15) is 80.2 Å². The zero-order chi connectivity index (χ0) is 19.1. The molecule has 2 aromatic rings. The van der Waals surface area contributed by atoms with E-state index < -0.39 is 0 Å². The van der Waals surface area contributed by atoms with Gasteiger partial charge in [0.15, 0.2) is 0 Å². The van der Waals surface area contributed by atoms with Crippen molar-refractivity contribution in [2.45, 2.75) is 76.0 Å². The summed E-state index contributed by atoms with van der Waals surface area (Å²) in [6.45, 7) is 4.70. The highest BCUT2D eigenvalue weighted by Gasteiger charge is 2.36. The summed E-state index contributed by atoms with van der Waals surface area (Å²) in [4.78, 5) is 14.9. The van der Waals surface area contributed by atoms with Gasteiger partial charge in [-0.05, 0) is 70.5 Å². The number of aryl methyl sites for hydroxylation is 1. The lowest BCUT2D eigenvalue weighted by molar-refractivity contribution is 0.0985. The predicted octanol–water partition coefficient (Wildman–Crippen LogP) is 4.28. The molecule has 4 heterocycles. The number of pyridine rings is 1. The molecule has 2 atom stereocenters. The van der Waals surface area contributed by atoms with Gasteiger partial charge in [-0.25, -0.2) is 4.98 Å². The van der Waals surface area contributed by atoms with E-state index in [1.54, 1.807) is 0 Å². The van der Waals surface area contributed by atoms with Crippen molar-refractivity contribution in [1.82, 2.24) is 24.3 Å². The van der Waals surface area contributed by atoms with E-state index in [1.165, 1.54) is 75.1 Å². The molecule has 150 valence electrons. The predicted molar refractivity (Wildman–Crippen MR) is 111 cm³/mol. The van der Waals surface area contributed by atoms with Crippen LogP contribution in [0.4, 0.5) is 0 Å². The molecular weight excluding hydrogens is 346 g/mol. The molecule has 1 aliphatic carbocycles. The SMILES string of the molecule is Cc1cccnc1[C@@H]1CCC[C@H](c2nccn2C2CCN(C3CC3)CC2)N1C. The number of aromatic nitrogens is 3. The van der Waals surface area contributed by atoms with Gasteiger partial charge in [-0.1, -0.05) is 6.07 Å². The lowest BCUT2D eigenvalue weighted by Gasteiger charge is -2.41. The fraction of sp³-hybridized carbons (Fsp3) is 0.652. The van der Waals surface area contributed by atoms with Gasteiger partial charge >= 0.3 is 0 Å². The number of likely N-dealkylation sites (tertiary alicyclic amines) is 2. The number of nitrogens with zero attached hydrogens (tertiary/aromatic N) is 5. The maximum Gasteiger partial charge on any atom is 0.126 e. The van der Waals surface area contributed by atoms with Gasteiger partial charge in [0.05, 0.1) is 17.8 Å². The summed E-state index contributed by atoms with van der Waals surface area (Å²) in [7, 11) is 2.28. The van der Waals surface area contributed by atoms with Crippen molar-refractivity contribution in [2.75, 3.05) is 20.1 Å². The van der Waals surface area contributed by atoms with Gasteiger partial charge < -0.3 is 9.47 Å². The van der Waals surface area contributed by atoms with Gasteiger partial charge in [-0.15, -0.1) is 0 Å². The van der Waals surface area contributed by atoms with E-state index in [4.69, 9.17) is 9.97 Å². The second-order valence-electron chi connectivity index (χ2n) is 9.02. The minimum absolute atomic E-state index is 0.386. The summed E-state index contributed by atoms with van der Waals surface area (Å²) in [5, 5.41) is 0. The van der Waals surface area contributed by atoms with E-state index in [0.29, 0.717) is 18.1 Å². The van der Waals surface area contributed by atoms with E-state index in [-0.39, 0.29) is 0 Å². The second kappa shape index (κ2) is 7.60. The maximum atomic E-state index is 4.87. The molecule has 5 nitrogen and oxygen atoms in total. The van der Waals surface area contributed by atoms with Crippen LogP contribution in [-0.2, 0) is 0 Å². The molecule has 1 saturated carbocycles. The summed E-state index contributed by atoms with van der Waals surface area (Å²) in [5.41, 5.74) is 2.54. The summed E-state index contributed by atoms with van der Waals surface area (Å²) >= 11 is 0. The van der Waals surface area contributed by atoms with Gasteiger partial charge in [0.2, 0.25) is 0 Å². The molecule has 0 radical (unpaired) electrons. The Kier molecular flexibility index (Phi) is 4.97. The summed E-state index contributed by atoms with van der Waals surface area (Å²) in [5.74, 6) is 1.27. The number of rotatable bonds is 4. The van der Waals surface area contributed by atoms with Crippen molar-refractivity contribution >= 4 is 0 Å². The summed E-state index contributed by atoms with van der Waals surface area (Å²) in [6, 6.07) is 6.51. The van der Waals surface area contributed by atoms with Crippen molar-refractivity contribution < 1.29 is 0 Å². The highest BCUT2D eigenvalue weighted by molar-refractivity contribution is 5.22. The number of hydrogen-bond acceptors (Lipinski definition) is 4. The molecule has 5 heteroatoms. The van der Waals surface area contributed by atoms with Gasteiger partial charge in [-0.3, -0.25) is 9.88 Å². The molecule has 0 amide bonds. The van der Waals surface area contributed by atoms with Crippen LogP contribution in [0.25, 0.3) is 0 Å². The van der Waals surface area contributed by atoms with E-state index >= 15 is 0 Å². The molecule has 0 N–H and O–H groups in total. The quantitative estimate of drug-likeness (QED) is 0.794. The maximum absolute atomic E-state index is 4.87. The Balaban J connectivity index is 1.35. The third kappa shape index (κ3) is 3.39. The zero-order valence-electron chi connectivity index (χ0n) is 17.3. The molecular formula is C23H33N5. The van der Waals surface area contributed by atoms with Crippen molar-refractivity contribution in [3.63, 3.8) is 0 Å². The van der Waals surface area contributed by atoms with Gasteiger partial charge in [0.1, 0.15) is 5.82 Å². The van der Waals surface area contributed by atoms with Crippen LogP contribution < -0.4 is 0 Å². The monoisotopic (exact) mass is 379 g/mol. The Labute approximate surface area is 168 Å². The third-order valence-electron chi connectivity index (χ3n) is 7.26. The van der Waals surface area contributed by atoms with Crippen molar-refractivity contribution in [1.29, 1.82) is 0 Å². The molecule has 3 aliphatic rings. The number of piperidine rings is 2. The lowest BCUT2D eigenvalue weighted by Crippen LogP contribution is -2.38. The molecule has 28 heavy (non-hydrogen) atoms. The molecule has 2 aliphatic heterocycles. The van der Waals surface area contributed by atoms with Crippen molar-refractivity contribution in [3.8, 4) is 0 Å². The lowest BCUT2D eigenvalue weighted by atomic mass is 9.91. The molecule has 5 rings (SSSR count). The first-order chi connectivity index (χ1) is 13.7. The van der Waals surface area contributed by atoms with Crippen LogP contribution in [0, 0.1) is 6.92 Å². The highest BCUT2D eigenvalue weighted by Crippen LogP contribution is 2.41. The summed E-state index contributed by atoms with van der Waals surface area (Å²) < 4.78 is 2.51. The fourth-order valence-electron chi connectivity index (χ4n) is 5.48. The van der Waals surface area contributed by atoms with Crippen LogP contribution in [0.15, 0.2) is 30.7 Å². The normalized spacial score (nSPS) is 27.9. The minimum Gasteiger partial charge on any atom is -0.330 e. The molecule has 0 spiro atoms. The van der Waals surface area contributed by atoms with Gasteiger partial charge in [0, 0.05) is 43.8 Å². The third-order valence-corrected chi connectivity index (χ3v) is 7.26. The zero-order valence-corrected chi connectivity index (χ0v) is 17.3. The molecule has 0 bridgehead atoms. The van der Waals surface area contributed by atoms with E-state index in [1.807, 2.05) is 18.5 Å². The van der Waals surface area contributed by atoms with E-state index in [2.05, 4.69) is 40.6 Å². The Morgan fingerprint density at radius 2 is 1.68 bits per heavy atom. The van der Waals surface area contributed by atoms with Crippen LogP contribution in [0.2, 0.25) is 0 Å². The Hall–Kier alpha value is -1.72. The first-order valence-corrected chi connectivity index (χ1v) is 11.1. The molecule has 0 unspecified atom stereocenters. The Morgan fingerprint density at radius 3 is 2.43 bits per heavy atom. The van der Waals surface area contributed by atoms with Gasteiger partial charge in [0.25, 0.3) is 0 Å². The van der Waals surface area contributed by atoms with E-state index in [0.717, 1.165) is 6.04 Å². The Bertz CT molecular complexity index is 803. The average molecular weight is 380 g/mol. The van der Waals surface area contributed by atoms with Crippen molar-refractivity contribution in [2.24, 2.45) is 0 Å². The standard InChI is InChI=1S/C23H33N5/c1-17-5-4-12-24-22(17)20-6-3-7-21(26(20)2)23-25-13-16-28(23)19-10-14-27(15-11-19)18-8-9-18/h4-5,12-13,16,18-21H,3,6-11,14-15H2,1-2H3/t20-,21+/m0/s1. The smallest absolute Gasteiger partial charge is 0.126 e. The molecule has 2 aromatic heterocycles. The average Bonchev–Trinajstić information content (AvgIpc) is 3.46. The van der Waals surface area contributed by atoms with Crippen LogP contribution in [0.5, 0.6) is 0 Å². The molecule has 0 aromatic carbocycles. The topological polar surface area (TPSA) is 37.2 Å². The number of hydrogen-bond donors (Lipinski definition) is 0. The van der Waals surface area contributed by atoms with Gasteiger partial charge in [-0.2, -0.15) is 0 Å². The first kappa shape index (κ1) is 18.3. The highest BCUT2D eigenvalue weighted by atomic mass is 15.2. The van der Waals surface area contributed by atoms with E-state index in [9.17, 15) is 0 Å².